The van der Waals surface area contributed by atoms with Gasteiger partial charge in [0.1, 0.15) is 0 Å². The van der Waals surface area contributed by atoms with Gasteiger partial charge >= 0.3 is 0 Å². The largest absolute Gasteiger partial charge is 0.380 e. The van der Waals surface area contributed by atoms with E-state index in [9.17, 15) is 0 Å². The minimum absolute atomic E-state index is 0.735. The van der Waals surface area contributed by atoms with Crippen molar-refractivity contribution in [3.8, 4) is 0 Å². The summed E-state index contributed by atoms with van der Waals surface area (Å²) in [4.78, 5) is 2.58. The summed E-state index contributed by atoms with van der Waals surface area (Å²) in [5.41, 5.74) is 0. The predicted molar refractivity (Wildman–Crippen MR) is 62.1 cm³/mol. The molecule has 0 aliphatic carbocycles. The maximum Gasteiger partial charge on any atom is 0.0590 e. The minimum atomic E-state index is 0.735. The highest BCUT2D eigenvalue weighted by molar-refractivity contribution is 4.95. The number of nitrogens with one attached hydrogen (secondary N) is 1. The molecule has 0 aromatic heterocycles. The molecule has 0 aromatic carbocycles. The van der Waals surface area contributed by atoms with Crippen LogP contribution in [0.15, 0.2) is 0 Å². The van der Waals surface area contributed by atoms with Crippen molar-refractivity contribution in [2.45, 2.75) is 50.7 Å². The van der Waals surface area contributed by atoms with Gasteiger partial charge in [0.2, 0.25) is 0 Å². The zero-order valence-corrected chi connectivity index (χ0v) is 10.0. The molecular formula is C12H24N2O. The fraction of sp³-hybridized carbons (Fsp3) is 1.00. The van der Waals surface area contributed by atoms with Gasteiger partial charge in [0.05, 0.1) is 6.61 Å². The Hall–Kier alpha value is -0.120. The fourth-order valence-electron chi connectivity index (χ4n) is 3.06. The lowest BCUT2D eigenvalue weighted by molar-refractivity contribution is 0.125. The van der Waals surface area contributed by atoms with Crippen LogP contribution in [0.3, 0.4) is 0 Å². The van der Waals surface area contributed by atoms with Crippen molar-refractivity contribution in [2.24, 2.45) is 0 Å². The van der Waals surface area contributed by atoms with Crippen LogP contribution in [-0.4, -0.2) is 49.8 Å². The Kier molecular flexibility index (Phi) is 4.00. The number of piperidine rings is 1. The summed E-state index contributed by atoms with van der Waals surface area (Å²) < 4.78 is 5.34. The van der Waals surface area contributed by atoms with E-state index in [-0.39, 0.29) is 0 Å². The number of hydrogen-bond donors (Lipinski definition) is 1. The lowest BCUT2D eigenvalue weighted by atomic mass is 9.98. The zero-order chi connectivity index (χ0) is 10.7. The molecule has 2 aliphatic rings. The SMILES string of the molecule is CCOCCNC1CC2CCC(C1)N2C. The molecule has 15 heavy (non-hydrogen) atoms. The molecule has 2 heterocycles. The van der Waals surface area contributed by atoms with E-state index in [1.807, 2.05) is 0 Å². The maximum atomic E-state index is 5.34. The molecule has 0 aromatic rings. The van der Waals surface area contributed by atoms with Gasteiger partial charge in [-0.3, -0.25) is 0 Å². The monoisotopic (exact) mass is 212 g/mol. The van der Waals surface area contributed by atoms with Gasteiger partial charge in [-0.15, -0.1) is 0 Å². The number of rotatable bonds is 5. The molecule has 2 aliphatic heterocycles. The molecule has 0 amide bonds. The fourth-order valence-corrected chi connectivity index (χ4v) is 3.06. The normalized spacial score (nSPS) is 36.0. The molecule has 1 N–H and O–H groups in total. The van der Waals surface area contributed by atoms with E-state index in [0.717, 1.165) is 37.9 Å². The van der Waals surface area contributed by atoms with Crippen molar-refractivity contribution >= 4 is 0 Å². The Morgan fingerprint density at radius 2 is 1.93 bits per heavy atom. The van der Waals surface area contributed by atoms with Crippen LogP contribution in [0.2, 0.25) is 0 Å². The quantitative estimate of drug-likeness (QED) is 0.694. The molecular weight excluding hydrogens is 188 g/mol. The van der Waals surface area contributed by atoms with E-state index in [1.54, 1.807) is 0 Å². The van der Waals surface area contributed by atoms with Crippen LogP contribution in [0.1, 0.15) is 32.6 Å². The Morgan fingerprint density at radius 1 is 1.27 bits per heavy atom. The first-order valence-electron chi connectivity index (χ1n) is 6.34. The lowest BCUT2D eigenvalue weighted by Gasteiger charge is -2.36. The smallest absolute Gasteiger partial charge is 0.0590 e. The Bertz CT molecular complexity index is 184. The van der Waals surface area contributed by atoms with Gasteiger partial charge in [-0.05, 0) is 39.7 Å². The highest BCUT2D eigenvalue weighted by Gasteiger charge is 2.37. The highest BCUT2D eigenvalue weighted by Crippen LogP contribution is 2.33. The molecule has 0 spiro atoms. The molecule has 3 nitrogen and oxygen atoms in total. The topological polar surface area (TPSA) is 24.5 Å². The van der Waals surface area contributed by atoms with Crippen molar-refractivity contribution in [3.63, 3.8) is 0 Å². The van der Waals surface area contributed by atoms with Gasteiger partial charge in [0, 0.05) is 31.3 Å². The predicted octanol–water partition coefficient (Wildman–Crippen LogP) is 1.24. The first-order chi connectivity index (χ1) is 7.31. The Morgan fingerprint density at radius 3 is 2.53 bits per heavy atom. The number of fused-ring (bicyclic) bond motifs is 2. The molecule has 88 valence electrons. The van der Waals surface area contributed by atoms with E-state index in [2.05, 4.69) is 24.2 Å². The van der Waals surface area contributed by atoms with E-state index in [1.165, 1.54) is 25.7 Å². The maximum absolute atomic E-state index is 5.34. The minimum Gasteiger partial charge on any atom is -0.380 e. The van der Waals surface area contributed by atoms with Crippen LogP contribution < -0.4 is 5.32 Å². The van der Waals surface area contributed by atoms with Crippen molar-refractivity contribution in [3.05, 3.63) is 0 Å². The number of nitrogens with zero attached hydrogens (tertiary/aromatic N) is 1. The van der Waals surface area contributed by atoms with Crippen LogP contribution in [-0.2, 0) is 4.74 Å². The Labute approximate surface area is 93.2 Å². The van der Waals surface area contributed by atoms with Gasteiger partial charge in [-0.2, -0.15) is 0 Å². The van der Waals surface area contributed by atoms with Gasteiger partial charge < -0.3 is 15.0 Å². The van der Waals surface area contributed by atoms with Crippen LogP contribution in [0.4, 0.5) is 0 Å². The summed E-state index contributed by atoms with van der Waals surface area (Å²) in [7, 11) is 2.29. The molecule has 2 unspecified atom stereocenters. The summed E-state index contributed by atoms with van der Waals surface area (Å²) in [6, 6.07) is 2.42. The summed E-state index contributed by atoms with van der Waals surface area (Å²) in [5, 5.41) is 3.63. The van der Waals surface area contributed by atoms with E-state index in [4.69, 9.17) is 4.74 Å². The summed E-state index contributed by atoms with van der Waals surface area (Å²) in [6.45, 7) is 4.76. The average molecular weight is 212 g/mol. The lowest BCUT2D eigenvalue weighted by Crippen LogP contribution is -2.47. The summed E-state index contributed by atoms with van der Waals surface area (Å²) in [5.74, 6) is 0. The van der Waals surface area contributed by atoms with E-state index < -0.39 is 0 Å². The second-order valence-corrected chi connectivity index (χ2v) is 4.87. The molecule has 2 saturated heterocycles. The Balaban J connectivity index is 1.68. The van der Waals surface area contributed by atoms with Gasteiger partial charge in [-0.1, -0.05) is 0 Å². The molecule has 3 heteroatoms. The molecule has 2 atom stereocenters. The second-order valence-electron chi connectivity index (χ2n) is 4.87. The van der Waals surface area contributed by atoms with Crippen molar-refractivity contribution in [2.75, 3.05) is 26.8 Å². The standard InChI is InChI=1S/C12H24N2O/c1-3-15-7-6-13-10-8-11-4-5-12(9-10)14(11)2/h10-13H,3-9H2,1-2H3. The van der Waals surface area contributed by atoms with E-state index >= 15 is 0 Å². The molecule has 0 saturated carbocycles. The third kappa shape index (κ3) is 2.71. The van der Waals surface area contributed by atoms with Crippen LogP contribution in [0, 0.1) is 0 Å². The van der Waals surface area contributed by atoms with Crippen molar-refractivity contribution in [1.29, 1.82) is 0 Å². The van der Waals surface area contributed by atoms with Crippen molar-refractivity contribution < 1.29 is 4.74 Å². The van der Waals surface area contributed by atoms with Crippen molar-refractivity contribution in [1.82, 2.24) is 10.2 Å². The van der Waals surface area contributed by atoms with Crippen LogP contribution in [0.25, 0.3) is 0 Å². The molecule has 2 bridgehead atoms. The molecule has 0 radical (unpaired) electrons. The van der Waals surface area contributed by atoms with Crippen LogP contribution in [0.5, 0.6) is 0 Å². The molecule has 2 rings (SSSR count). The number of hydrogen-bond acceptors (Lipinski definition) is 3. The third-order valence-corrected chi connectivity index (χ3v) is 3.98. The first kappa shape index (κ1) is 11.4. The highest BCUT2D eigenvalue weighted by atomic mass is 16.5. The summed E-state index contributed by atoms with van der Waals surface area (Å²) >= 11 is 0. The first-order valence-corrected chi connectivity index (χ1v) is 6.34. The van der Waals surface area contributed by atoms with Gasteiger partial charge in [0.25, 0.3) is 0 Å². The second kappa shape index (κ2) is 5.28. The molecule has 2 fully saturated rings. The average Bonchev–Trinajstić information content (AvgIpc) is 2.50. The van der Waals surface area contributed by atoms with E-state index in [0.29, 0.717) is 0 Å². The zero-order valence-electron chi connectivity index (χ0n) is 10.0. The van der Waals surface area contributed by atoms with Gasteiger partial charge in [0.15, 0.2) is 0 Å². The van der Waals surface area contributed by atoms with Gasteiger partial charge in [-0.25, -0.2) is 0 Å². The summed E-state index contributed by atoms with van der Waals surface area (Å²) in [6.07, 6.45) is 5.48. The number of ether oxygens (including phenoxy) is 1. The third-order valence-electron chi connectivity index (χ3n) is 3.98. The van der Waals surface area contributed by atoms with Crippen LogP contribution >= 0.6 is 0 Å².